The second-order valence-electron chi connectivity index (χ2n) is 4.69. The summed E-state index contributed by atoms with van der Waals surface area (Å²) in [6.45, 7) is 0.00135. The maximum Gasteiger partial charge on any atom is 0.193 e. The van der Waals surface area contributed by atoms with Crippen LogP contribution in [0.15, 0.2) is 66.8 Å². The van der Waals surface area contributed by atoms with E-state index in [4.69, 9.17) is 9.47 Å². The molecule has 4 nitrogen and oxygen atoms in total. The van der Waals surface area contributed by atoms with Crippen LogP contribution < -0.4 is 4.74 Å². The van der Waals surface area contributed by atoms with Gasteiger partial charge in [-0.25, -0.2) is 0 Å². The molecule has 0 aromatic heterocycles. The van der Waals surface area contributed by atoms with Gasteiger partial charge in [-0.2, -0.15) is 0 Å². The van der Waals surface area contributed by atoms with Gasteiger partial charge in [0.05, 0.1) is 0 Å². The second-order valence-corrected chi connectivity index (χ2v) is 4.69. The van der Waals surface area contributed by atoms with Crippen LogP contribution in [0.2, 0.25) is 0 Å². The first kappa shape index (κ1) is 16.5. The normalized spacial score (nSPS) is 11.2. The fraction of sp³-hybridized carbons (Fsp3) is 0.105. The van der Waals surface area contributed by atoms with Gasteiger partial charge in [-0.3, -0.25) is 4.79 Å². The third-order valence-electron chi connectivity index (χ3n) is 3.03. The zero-order valence-electron chi connectivity index (χ0n) is 12.8. The highest BCUT2D eigenvalue weighted by Gasteiger charge is 2.14. The molecule has 0 amide bonds. The number of carbonyl (C=O) groups excluding carboxylic acids is 1. The Balaban J connectivity index is 2.11. The van der Waals surface area contributed by atoms with Crippen LogP contribution in [-0.2, 0) is 4.74 Å². The highest BCUT2D eigenvalue weighted by Crippen LogP contribution is 2.28. The van der Waals surface area contributed by atoms with Crippen LogP contribution in [0.4, 0.5) is 0 Å². The van der Waals surface area contributed by atoms with Gasteiger partial charge in [0.1, 0.15) is 17.1 Å². The summed E-state index contributed by atoms with van der Waals surface area (Å²) >= 11 is 0. The third-order valence-corrected chi connectivity index (χ3v) is 3.03. The minimum atomic E-state index is -0.341. The van der Waals surface area contributed by atoms with Crippen molar-refractivity contribution in [2.24, 2.45) is 0 Å². The first-order valence-electron chi connectivity index (χ1n) is 7.10. The average Bonchev–Trinajstić information content (AvgIpc) is 2.57. The van der Waals surface area contributed by atoms with E-state index in [2.05, 4.69) is 0 Å². The molecule has 0 radical (unpaired) electrons. The molecule has 4 heteroatoms. The molecule has 2 aromatic carbocycles. The number of phenols is 1. The average molecular weight is 310 g/mol. The molecule has 0 saturated carbocycles. The van der Waals surface area contributed by atoms with Gasteiger partial charge in [-0.15, -0.1) is 0 Å². The van der Waals surface area contributed by atoms with Crippen molar-refractivity contribution >= 4 is 11.9 Å². The van der Waals surface area contributed by atoms with Crippen molar-refractivity contribution in [2.75, 3.05) is 13.9 Å². The lowest BCUT2D eigenvalue weighted by Gasteiger charge is -2.09. The Labute approximate surface area is 135 Å². The number of methoxy groups -OCH3 is 1. The number of carbonyl (C=O) groups is 1. The summed E-state index contributed by atoms with van der Waals surface area (Å²) < 4.78 is 10.1. The molecule has 0 saturated heterocycles. The predicted octanol–water partition coefficient (Wildman–Crippen LogP) is 3.83. The molecule has 0 fully saturated rings. The minimum absolute atomic E-state index is 0.00135. The van der Waals surface area contributed by atoms with Gasteiger partial charge >= 0.3 is 0 Å². The van der Waals surface area contributed by atoms with Crippen LogP contribution in [0.1, 0.15) is 15.9 Å². The summed E-state index contributed by atoms with van der Waals surface area (Å²) in [6, 6.07) is 14.4. The van der Waals surface area contributed by atoms with E-state index in [1.807, 2.05) is 36.4 Å². The van der Waals surface area contributed by atoms with E-state index < -0.39 is 0 Å². The molecular weight excluding hydrogens is 292 g/mol. The van der Waals surface area contributed by atoms with Crippen molar-refractivity contribution in [3.05, 3.63) is 77.9 Å². The van der Waals surface area contributed by atoms with Crippen molar-refractivity contribution < 1.29 is 19.4 Å². The number of hydrogen-bond donors (Lipinski definition) is 1. The van der Waals surface area contributed by atoms with Crippen LogP contribution in [0.25, 0.3) is 6.08 Å². The summed E-state index contributed by atoms with van der Waals surface area (Å²) in [4.78, 5) is 12.3. The monoisotopic (exact) mass is 310 g/mol. The maximum atomic E-state index is 12.3. The minimum Gasteiger partial charge on any atom is -0.507 e. The fourth-order valence-corrected chi connectivity index (χ4v) is 1.97. The molecule has 0 atom stereocenters. The lowest BCUT2D eigenvalue weighted by atomic mass is 10.1. The zero-order valence-corrected chi connectivity index (χ0v) is 12.8. The zero-order chi connectivity index (χ0) is 16.5. The molecule has 0 bridgehead atoms. The Morgan fingerprint density at radius 1 is 1.09 bits per heavy atom. The number of phenolic OH excluding ortho intramolecular Hbond substituents is 1. The first-order chi connectivity index (χ1) is 11.2. The molecular formula is C19H18O4. The Morgan fingerprint density at radius 2 is 1.87 bits per heavy atom. The topological polar surface area (TPSA) is 55.8 Å². The predicted molar refractivity (Wildman–Crippen MR) is 89.6 cm³/mol. The van der Waals surface area contributed by atoms with Crippen molar-refractivity contribution in [2.45, 2.75) is 0 Å². The smallest absolute Gasteiger partial charge is 0.193 e. The van der Waals surface area contributed by atoms with Gasteiger partial charge in [-0.1, -0.05) is 54.6 Å². The molecule has 0 heterocycles. The lowest BCUT2D eigenvalue weighted by molar-refractivity contribution is 0.0502. The van der Waals surface area contributed by atoms with Crippen molar-refractivity contribution in [3.8, 4) is 11.5 Å². The molecule has 0 aliphatic carbocycles. The van der Waals surface area contributed by atoms with Gasteiger partial charge in [0.25, 0.3) is 0 Å². The van der Waals surface area contributed by atoms with Crippen LogP contribution in [0.5, 0.6) is 11.5 Å². The Hall–Kier alpha value is -2.85. The fourth-order valence-electron chi connectivity index (χ4n) is 1.97. The van der Waals surface area contributed by atoms with Crippen LogP contribution in [-0.4, -0.2) is 24.8 Å². The summed E-state index contributed by atoms with van der Waals surface area (Å²) in [5.74, 6) is -0.180. The van der Waals surface area contributed by atoms with E-state index in [0.717, 1.165) is 5.56 Å². The van der Waals surface area contributed by atoms with E-state index >= 15 is 0 Å². The second kappa shape index (κ2) is 8.56. The lowest BCUT2D eigenvalue weighted by Crippen LogP contribution is -2.04. The molecule has 0 aliphatic heterocycles. The molecule has 1 N–H and O–H groups in total. The largest absolute Gasteiger partial charge is 0.507 e. The van der Waals surface area contributed by atoms with Gasteiger partial charge in [0, 0.05) is 7.11 Å². The summed E-state index contributed by atoms with van der Waals surface area (Å²) in [6.07, 6.45) is 6.66. The number of aromatic hydroxyl groups is 1. The van der Waals surface area contributed by atoms with Gasteiger partial charge in [0.2, 0.25) is 0 Å². The number of rotatable bonds is 7. The third kappa shape index (κ3) is 4.83. The van der Waals surface area contributed by atoms with Crippen molar-refractivity contribution in [1.29, 1.82) is 0 Å². The number of allylic oxidation sites excluding steroid dienone is 3. The Morgan fingerprint density at radius 3 is 2.61 bits per heavy atom. The summed E-state index contributed by atoms with van der Waals surface area (Å²) in [7, 11) is 1.48. The standard InChI is InChI=1S/C19H18O4/c1-22-14-23-18-13-7-12-17(21)19(18)16(20)11-6-5-10-15-8-3-2-4-9-15/h2-13,21H,14H2,1H3/b10-5+,11-6+. The van der Waals surface area contributed by atoms with Crippen molar-refractivity contribution in [1.82, 2.24) is 0 Å². The molecule has 118 valence electrons. The molecule has 0 unspecified atom stereocenters. The molecule has 0 aliphatic rings. The number of hydrogen-bond acceptors (Lipinski definition) is 4. The van der Waals surface area contributed by atoms with E-state index in [1.54, 1.807) is 24.3 Å². The van der Waals surface area contributed by atoms with Gasteiger partial charge in [0.15, 0.2) is 12.6 Å². The van der Waals surface area contributed by atoms with Gasteiger partial charge < -0.3 is 14.6 Å². The van der Waals surface area contributed by atoms with Crippen LogP contribution in [0, 0.1) is 0 Å². The number of ketones is 1. The van der Waals surface area contributed by atoms with E-state index in [-0.39, 0.29) is 29.6 Å². The number of ether oxygens (including phenoxy) is 2. The highest BCUT2D eigenvalue weighted by molar-refractivity contribution is 6.08. The van der Waals surface area contributed by atoms with Crippen molar-refractivity contribution in [3.63, 3.8) is 0 Å². The van der Waals surface area contributed by atoms with E-state index in [0.29, 0.717) is 0 Å². The number of benzene rings is 2. The van der Waals surface area contributed by atoms with E-state index in [1.165, 1.54) is 19.3 Å². The summed E-state index contributed by atoms with van der Waals surface area (Å²) in [5.41, 5.74) is 1.16. The van der Waals surface area contributed by atoms with Gasteiger partial charge in [-0.05, 0) is 23.8 Å². The molecule has 0 spiro atoms. The Kier molecular flexibility index (Phi) is 6.15. The molecule has 2 rings (SSSR count). The van der Waals surface area contributed by atoms with E-state index in [9.17, 15) is 9.90 Å². The SMILES string of the molecule is COCOc1cccc(O)c1C(=O)/C=C/C=C/c1ccccc1. The van der Waals surface area contributed by atoms with Crippen LogP contribution >= 0.6 is 0 Å². The molecule has 2 aromatic rings. The summed E-state index contributed by atoms with van der Waals surface area (Å²) in [5, 5.41) is 9.90. The quantitative estimate of drug-likeness (QED) is 0.365. The van der Waals surface area contributed by atoms with Crippen LogP contribution in [0.3, 0.4) is 0 Å². The maximum absolute atomic E-state index is 12.3. The molecule has 23 heavy (non-hydrogen) atoms. The Bertz CT molecular complexity index is 703. The first-order valence-corrected chi connectivity index (χ1v) is 7.10. The highest BCUT2D eigenvalue weighted by atomic mass is 16.7.